The van der Waals surface area contributed by atoms with E-state index in [4.69, 9.17) is 4.98 Å². The molecule has 1 unspecified atom stereocenters. The maximum Gasteiger partial charge on any atom is 0.103 e. The molecular weight excluding hydrogens is 296 g/mol. The molecule has 1 N–H and O–H groups in total. The molecule has 2 nitrogen and oxygen atoms in total. The largest absolute Gasteiger partial charge is 0.319 e. The minimum absolute atomic E-state index is 0.704. The molecule has 0 saturated carbocycles. The Kier molecular flexibility index (Phi) is 6.74. The maximum absolute atomic E-state index is 4.91. The molecule has 1 heterocycles. The predicted octanol–water partition coefficient (Wildman–Crippen LogP) is 4.60. The van der Waals surface area contributed by atoms with Gasteiger partial charge in [-0.05, 0) is 26.4 Å². The van der Waals surface area contributed by atoms with Gasteiger partial charge in [-0.1, -0.05) is 44.2 Å². The summed E-state index contributed by atoms with van der Waals surface area (Å²) in [6.45, 7) is 5.53. The van der Waals surface area contributed by atoms with Crippen molar-refractivity contribution in [3.63, 3.8) is 0 Å². The van der Waals surface area contributed by atoms with E-state index in [-0.39, 0.29) is 0 Å². The van der Waals surface area contributed by atoms with Gasteiger partial charge in [-0.15, -0.1) is 11.3 Å². The highest BCUT2D eigenvalue weighted by Crippen LogP contribution is 2.31. The molecule has 0 radical (unpaired) electrons. The quantitative estimate of drug-likeness (QED) is 0.769. The zero-order valence-electron chi connectivity index (χ0n) is 13.1. The molecule has 114 valence electrons. The Hall–Kier alpha value is -0.840. The second kappa shape index (κ2) is 8.57. The molecule has 0 aliphatic heterocycles. The zero-order valence-corrected chi connectivity index (χ0v) is 14.7. The normalized spacial score (nSPS) is 12.5. The summed E-state index contributed by atoms with van der Waals surface area (Å²) < 4.78 is 0. The molecule has 0 amide bonds. The minimum Gasteiger partial charge on any atom is -0.319 e. The summed E-state index contributed by atoms with van der Waals surface area (Å²) >= 11 is 3.88. The third kappa shape index (κ3) is 4.83. The molecule has 0 bridgehead atoms. The first-order valence-electron chi connectivity index (χ1n) is 7.54. The number of thiazole rings is 1. The Morgan fingerprint density at radius 3 is 2.71 bits per heavy atom. The van der Waals surface area contributed by atoms with Gasteiger partial charge in [-0.3, -0.25) is 0 Å². The van der Waals surface area contributed by atoms with Gasteiger partial charge in [-0.25, -0.2) is 4.98 Å². The summed E-state index contributed by atoms with van der Waals surface area (Å²) in [6, 6.07) is 10.5. The van der Waals surface area contributed by atoms with Crippen LogP contribution in [-0.4, -0.2) is 23.8 Å². The van der Waals surface area contributed by atoms with Crippen molar-refractivity contribution in [2.45, 2.75) is 37.7 Å². The number of aromatic nitrogens is 1. The van der Waals surface area contributed by atoms with Gasteiger partial charge in [0.15, 0.2) is 0 Å². The van der Waals surface area contributed by atoms with Crippen molar-refractivity contribution in [2.75, 3.05) is 13.6 Å². The number of rotatable bonds is 8. The molecule has 0 spiro atoms. The lowest BCUT2D eigenvalue weighted by atomic mass is 10.1. The first-order valence-corrected chi connectivity index (χ1v) is 9.41. The Morgan fingerprint density at radius 1 is 1.29 bits per heavy atom. The first kappa shape index (κ1) is 16.5. The van der Waals surface area contributed by atoms with Gasteiger partial charge >= 0.3 is 0 Å². The molecular formula is C17H24N2S2. The van der Waals surface area contributed by atoms with Crippen LogP contribution in [0.4, 0.5) is 0 Å². The zero-order chi connectivity index (χ0) is 15.1. The highest BCUT2D eigenvalue weighted by Gasteiger charge is 2.13. The van der Waals surface area contributed by atoms with Crippen LogP contribution in [0, 0.1) is 0 Å². The van der Waals surface area contributed by atoms with Crippen molar-refractivity contribution in [1.82, 2.24) is 10.3 Å². The number of nitrogens with one attached hydrogen (secondary N) is 1. The molecule has 1 aromatic heterocycles. The number of likely N-dealkylation sites (N-methyl/N-ethyl adjacent to an activating group) is 1. The first-order chi connectivity index (χ1) is 10.2. The van der Waals surface area contributed by atoms with E-state index < -0.39 is 0 Å². The van der Waals surface area contributed by atoms with E-state index in [1.54, 1.807) is 0 Å². The molecule has 0 aliphatic rings. The molecule has 4 heteroatoms. The van der Waals surface area contributed by atoms with Crippen molar-refractivity contribution in [3.8, 4) is 11.3 Å². The van der Waals surface area contributed by atoms with Gasteiger partial charge in [0.05, 0.1) is 5.69 Å². The van der Waals surface area contributed by atoms with Crippen molar-refractivity contribution in [2.24, 2.45) is 0 Å². The van der Waals surface area contributed by atoms with Crippen molar-refractivity contribution in [3.05, 3.63) is 40.2 Å². The Labute approximate surface area is 136 Å². The van der Waals surface area contributed by atoms with Crippen molar-refractivity contribution >= 4 is 23.1 Å². The van der Waals surface area contributed by atoms with E-state index in [1.165, 1.54) is 27.6 Å². The lowest BCUT2D eigenvalue weighted by molar-refractivity contribution is 0.799. The molecule has 2 rings (SSSR count). The second-order valence-electron chi connectivity index (χ2n) is 5.13. The van der Waals surface area contributed by atoms with Crippen LogP contribution in [0.2, 0.25) is 0 Å². The summed E-state index contributed by atoms with van der Waals surface area (Å²) in [6.07, 6.45) is 2.26. The van der Waals surface area contributed by atoms with Crippen LogP contribution in [0.1, 0.15) is 30.2 Å². The Morgan fingerprint density at radius 2 is 2.05 bits per heavy atom. The van der Waals surface area contributed by atoms with E-state index in [9.17, 15) is 0 Å². The third-order valence-corrected chi connectivity index (χ3v) is 6.10. The van der Waals surface area contributed by atoms with E-state index in [2.05, 4.69) is 49.5 Å². The van der Waals surface area contributed by atoms with Crippen LogP contribution in [-0.2, 0) is 12.2 Å². The van der Waals surface area contributed by atoms with Crippen LogP contribution < -0.4 is 5.32 Å². The number of nitrogens with zero attached hydrogens (tertiary/aromatic N) is 1. The van der Waals surface area contributed by atoms with E-state index in [0.717, 1.165) is 18.7 Å². The molecule has 1 aromatic carbocycles. The smallest absolute Gasteiger partial charge is 0.103 e. The molecule has 21 heavy (non-hydrogen) atoms. The van der Waals surface area contributed by atoms with E-state index >= 15 is 0 Å². The topological polar surface area (TPSA) is 24.9 Å². The van der Waals surface area contributed by atoms with Crippen LogP contribution in [0.3, 0.4) is 0 Å². The average molecular weight is 321 g/mol. The fraction of sp³-hybridized carbons (Fsp3) is 0.471. The maximum atomic E-state index is 4.91. The number of benzene rings is 1. The highest BCUT2D eigenvalue weighted by molar-refractivity contribution is 7.99. The third-order valence-electron chi connectivity index (χ3n) is 3.46. The highest BCUT2D eigenvalue weighted by atomic mass is 32.2. The summed E-state index contributed by atoms with van der Waals surface area (Å²) in [5.74, 6) is 1.03. The monoisotopic (exact) mass is 320 g/mol. The fourth-order valence-corrected chi connectivity index (χ4v) is 4.08. The number of hydrogen-bond acceptors (Lipinski definition) is 4. The Balaban J connectivity index is 2.19. The van der Waals surface area contributed by atoms with Crippen molar-refractivity contribution < 1.29 is 0 Å². The summed E-state index contributed by atoms with van der Waals surface area (Å²) in [5, 5.41) is 5.20. The van der Waals surface area contributed by atoms with E-state index in [0.29, 0.717) is 5.25 Å². The standard InChI is InChI=1S/C17H24N2S2/c1-4-13(2)20-12-16-19-17(14-8-6-5-7-9-14)15(21-16)10-11-18-3/h5-9,13,18H,4,10-12H2,1-3H3. The summed E-state index contributed by atoms with van der Waals surface area (Å²) in [4.78, 5) is 6.31. The lowest BCUT2D eigenvalue weighted by Gasteiger charge is -2.05. The molecule has 1 atom stereocenters. The van der Waals surface area contributed by atoms with E-state index in [1.807, 2.05) is 30.1 Å². The van der Waals surface area contributed by atoms with Crippen LogP contribution in [0.15, 0.2) is 30.3 Å². The summed E-state index contributed by atoms with van der Waals surface area (Å²) in [5.41, 5.74) is 2.41. The summed E-state index contributed by atoms with van der Waals surface area (Å²) in [7, 11) is 2.00. The van der Waals surface area contributed by atoms with Gasteiger partial charge in [0.25, 0.3) is 0 Å². The molecule has 0 saturated heterocycles. The number of hydrogen-bond donors (Lipinski definition) is 1. The molecule has 0 fully saturated rings. The van der Waals surface area contributed by atoms with Crippen LogP contribution in [0.5, 0.6) is 0 Å². The second-order valence-corrected chi connectivity index (χ2v) is 7.72. The van der Waals surface area contributed by atoms with Gasteiger partial charge in [0, 0.05) is 21.4 Å². The fourth-order valence-electron chi connectivity index (χ4n) is 2.02. The predicted molar refractivity (Wildman–Crippen MR) is 96.2 cm³/mol. The molecule has 0 aliphatic carbocycles. The van der Waals surface area contributed by atoms with Crippen LogP contribution >= 0.6 is 23.1 Å². The SMILES string of the molecule is CCC(C)SCc1nc(-c2ccccc2)c(CCNC)s1. The lowest BCUT2D eigenvalue weighted by Crippen LogP contribution is -2.09. The molecule has 2 aromatic rings. The van der Waals surface area contributed by atoms with Gasteiger partial charge in [0.2, 0.25) is 0 Å². The average Bonchev–Trinajstić information content (AvgIpc) is 2.94. The minimum atomic E-state index is 0.704. The van der Waals surface area contributed by atoms with Gasteiger partial charge in [0.1, 0.15) is 5.01 Å². The Bertz CT molecular complexity index is 537. The van der Waals surface area contributed by atoms with Gasteiger partial charge < -0.3 is 5.32 Å². The van der Waals surface area contributed by atoms with Gasteiger partial charge in [-0.2, -0.15) is 11.8 Å². The number of thioether (sulfide) groups is 1. The van der Waals surface area contributed by atoms with Crippen molar-refractivity contribution in [1.29, 1.82) is 0 Å². The van der Waals surface area contributed by atoms with Crippen LogP contribution in [0.25, 0.3) is 11.3 Å².